The monoisotopic (exact) mass is 352 g/mol. The second kappa shape index (κ2) is 5.07. The number of halogens is 8. The standard InChI is InChI=1S/C13H12F8O2/c14-9(15)12(18,19)13(20,21)11(16,17)5-10-2-1-6(4-10)3-7(10)8(22)23/h1-2,6-7,9H,3-5H2,(H,22,23). The second-order valence-corrected chi connectivity index (χ2v) is 6.06. The number of carboxylic acids is 1. The molecule has 0 saturated heterocycles. The van der Waals surface area contributed by atoms with E-state index in [1.165, 1.54) is 6.08 Å². The van der Waals surface area contributed by atoms with E-state index in [9.17, 15) is 39.9 Å². The van der Waals surface area contributed by atoms with E-state index in [-0.39, 0.29) is 12.8 Å². The Morgan fingerprint density at radius 2 is 1.78 bits per heavy atom. The van der Waals surface area contributed by atoms with Crippen molar-refractivity contribution >= 4 is 5.97 Å². The van der Waals surface area contributed by atoms with Crippen molar-refractivity contribution in [1.29, 1.82) is 0 Å². The molecular formula is C13H12F8O2. The molecule has 3 atom stereocenters. The van der Waals surface area contributed by atoms with Crippen molar-refractivity contribution in [2.24, 2.45) is 17.3 Å². The van der Waals surface area contributed by atoms with Crippen LogP contribution in [0.5, 0.6) is 0 Å². The minimum Gasteiger partial charge on any atom is -0.481 e. The summed E-state index contributed by atoms with van der Waals surface area (Å²) in [5, 5.41) is 9.01. The summed E-state index contributed by atoms with van der Waals surface area (Å²) in [6.07, 6.45) is -4.84. The average Bonchev–Trinajstić information content (AvgIpc) is 2.94. The third-order valence-electron chi connectivity index (χ3n) is 4.58. The minimum absolute atomic E-state index is 0.0846. The molecule has 0 amide bonds. The molecule has 0 aromatic carbocycles. The molecular weight excluding hydrogens is 340 g/mol. The number of rotatable bonds is 6. The van der Waals surface area contributed by atoms with Crippen LogP contribution in [0, 0.1) is 17.3 Å². The van der Waals surface area contributed by atoms with Gasteiger partial charge in [-0.2, -0.15) is 26.3 Å². The number of hydrogen-bond donors (Lipinski definition) is 1. The lowest BCUT2D eigenvalue weighted by Gasteiger charge is -2.38. The molecule has 23 heavy (non-hydrogen) atoms. The van der Waals surface area contributed by atoms with E-state index in [1.54, 1.807) is 0 Å². The first-order valence-corrected chi connectivity index (χ1v) is 6.60. The van der Waals surface area contributed by atoms with Crippen LogP contribution in [0.2, 0.25) is 0 Å². The summed E-state index contributed by atoms with van der Waals surface area (Å²) < 4.78 is 104. The maximum atomic E-state index is 13.8. The molecule has 0 aliphatic heterocycles. The number of allylic oxidation sites excluding steroid dienone is 2. The molecule has 1 fully saturated rings. The summed E-state index contributed by atoms with van der Waals surface area (Å²) >= 11 is 0. The van der Waals surface area contributed by atoms with Crippen molar-refractivity contribution in [3.63, 3.8) is 0 Å². The molecule has 0 aromatic heterocycles. The predicted molar refractivity (Wildman–Crippen MR) is 60.9 cm³/mol. The molecule has 2 rings (SSSR count). The van der Waals surface area contributed by atoms with Crippen molar-refractivity contribution in [1.82, 2.24) is 0 Å². The van der Waals surface area contributed by atoms with Gasteiger partial charge in [-0.25, -0.2) is 8.78 Å². The van der Waals surface area contributed by atoms with Gasteiger partial charge in [-0.15, -0.1) is 0 Å². The summed E-state index contributed by atoms with van der Waals surface area (Å²) in [6.45, 7) is 0. The van der Waals surface area contributed by atoms with Crippen molar-refractivity contribution < 1.29 is 45.0 Å². The SMILES string of the molecule is O=C(O)C1CC2C=CC1(CC(F)(F)C(F)(F)C(F)(F)C(F)F)C2. The Kier molecular flexibility index (Phi) is 3.97. The highest BCUT2D eigenvalue weighted by Crippen LogP contribution is 2.61. The van der Waals surface area contributed by atoms with E-state index in [2.05, 4.69) is 0 Å². The summed E-state index contributed by atoms with van der Waals surface area (Å²) in [4.78, 5) is 11.1. The van der Waals surface area contributed by atoms with Crippen molar-refractivity contribution in [2.45, 2.75) is 43.5 Å². The highest BCUT2D eigenvalue weighted by Gasteiger charge is 2.76. The number of fused-ring (bicyclic) bond motifs is 2. The van der Waals surface area contributed by atoms with Gasteiger partial charge >= 0.3 is 30.2 Å². The quantitative estimate of drug-likeness (QED) is 0.574. The molecule has 0 radical (unpaired) electrons. The van der Waals surface area contributed by atoms with E-state index in [4.69, 9.17) is 5.11 Å². The third kappa shape index (κ3) is 2.50. The van der Waals surface area contributed by atoms with Gasteiger partial charge in [0.05, 0.1) is 5.92 Å². The van der Waals surface area contributed by atoms with Crippen molar-refractivity contribution in [3.8, 4) is 0 Å². The Morgan fingerprint density at radius 1 is 1.22 bits per heavy atom. The molecule has 3 unspecified atom stereocenters. The van der Waals surface area contributed by atoms with E-state index in [0.717, 1.165) is 6.08 Å². The van der Waals surface area contributed by atoms with Crippen LogP contribution in [0.3, 0.4) is 0 Å². The highest BCUT2D eigenvalue weighted by atomic mass is 19.4. The summed E-state index contributed by atoms with van der Waals surface area (Å²) in [5.41, 5.74) is -1.94. The Labute approximate surface area is 125 Å². The maximum absolute atomic E-state index is 13.8. The molecule has 0 aromatic rings. The van der Waals surface area contributed by atoms with Crippen LogP contribution in [0.15, 0.2) is 12.2 Å². The Bertz CT molecular complexity index is 530. The molecule has 2 aliphatic carbocycles. The molecule has 2 bridgehead atoms. The fraction of sp³-hybridized carbons (Fsp3) is 0.769. The fourth-order valence-electron chi connectivity index (χ4n) is 3.42. The van der Waals surface area contributed by atoms with Gasteiger partial charge in [0, 0.05) is 11.8 Å². The van der Waals surface area contributed by atoms with Gasteiger partial charge in [-0.3, -0.25) is 4.79 Å². The Hall–Kier alpha value is -1.35. The summed E-state index contributed by atoms with van der Waals surface area (Å²) in [7, 11) is 0. The second-order valence-electron chi connectivity index (χ2n) is 6.06. The van der Waals surface area contributed by atoms with Gasteiger partial charge in [0.1, 0.15) is 0 Å². The van der Waals surface area contributed by atoms with Crippen molar-refractivity contribution in [2.75, 3.05) is 0 Å². The van der Waals surface area contributed by atoms with Gasteiger partial charge < -0.3 is 5.11 Å². The van der Waals surface area contributed by atoms with E-state index in [0.29, 0.717) is 0 Å². The van der Waals surface area contributed by atoms with Gasteiger partial charge in [0.2, 0.25) is 0 Å². The van der Waals surface area contributed by atoms with Crippen LogP contribution in [-0.4, -0.2) is 35.3 Å². The lowest BCUT2D eigenvalue weighted by molar-refractivity contribution is -0.343. The normalized spacial score (nSPS) is 31.2. The van der Waals surface area contributed by atoms with Crippen molar-refractivity contribution in [3.05, 3.63) is 12.2 Å². The number of aliphatic carboxylic acids is 1. The number of hydrogen-bond acceptors (Lipinski definition) is 1. The van der Waals surface area contributed by atoms with Gasteiger partial charge in [-0.1, -0.05) is 12.2 Å². The molecule has 0 spiro atoms. The van der Waals surface area contributed by atoms with E-state index in [1.807, 2.05) is 0 Å². The molecule has 1 N–H and O–H groups in total. The smallest absolute Gasteiger partial charge is 0.377 e. The van der Waals surface area contributed by atoms with Crippen LogP contribution in [0.4, 0.5) is 35.1 Å². The topological polar surface area (TPSA) is 37.3 Å². The first-order chi connectivity index (χ1) is 10.3. The zero-order valence-electron chi connectivity index (χ0n) is 11.4. The number of carbonyl (C=O) groups is 1. The molecule has 2 nitrogen and oxygen atoms in total. The number of alkyl halides is 8. The number of carboxylic acid groups (broad SMARTS) is 1. The van der Waals surface area contributed by atoms with Gasteiger partial charge in [-0.05, 0) is 18.8 Å². The van der Waals surface area contributed by atoms with Crippen LogP contribution in [0.25, 0.3) is 0 Å². The molecule has 1 saturated carbocycles. The summed E-state index contributed by atoms with van der Waals surface area (Å²) in [6, 6.07) is 0. The largest absolute Gasteiger partial charge is 0.481 e. The molecule has 0 heterocycles. The van der Waals surface area contributed by atoms with Gasteiger partial charge in [0.15, 0.2) is 0 Å². The summed E-state index contributed by atoms with van der Waals surface area (Å²) in [5.74, 6) is -21.4. The van der Waals surface area contributed by atoms with E-state index < -0.39 is 53.8 Å². The zero-order chi connectivity index (χ0) is 17.8. The Balaban J connectivity index is 2.34. The minimum atomic E-state index is -6.31. The first kappa shape index (κ1) is 18.0. The molecule has 10 heteroatoms. The van der Waals surface area contributed by atoms with Crippen LogP contribution in [-0.2, 0) is 4.79 Å². The molecule has 132 valence electrons. The van der Waals surface area contributed by atoms with E-state index >= 15 is 0 Å². The third-order valence-corrected chi connectivity index (χ3v) is 4.58. The average molecular weight is 352 g/mol. The highest BCUT2D eigenvalue weighted by molar-refractivity contribution is 5.72. The fourth-order valence-corrected chi connectivity index (χ4v) is 3.42. The van der Waals surface area contributed by atoms with Crippen LogP contribution < -0.4 is 0 Å². The van der Waals surface area contributed by atoms with Crippen LogP contribution in [0.1, 0.15) is 19.3 Å². The molecule has 2 aliphatic rings. The Morgan fingerprint density at radius 3 is 2.22 bits per heavy atom. The first-order valence-electron chi connectivity index (χ1n) is 6.60. The van der Waals surface area contributed by atoms with Gasteiger partial charge in [0.25, 0.3) is 0 Å². The predicted octanol–water partition coefficient (Wildman–Crippen LogP) is 4.21. The van der Waals surface area contributed by atoms with Crippen LogP contribution >= 0.6 is 0 Å². The maximum Gasteiger partial charge on any atom is 0.377 e. The lowest BCUT2D eigenvalue weighted by atomic mass is 9.72. The lowest BCUT2D eigenvalue weighted by Crippen LogP contribution is -2.59. The zero-order valence-corrected chi connectivity index (χ0v) is 11.4.